The van der Waals surface area contributed by atoms with Gasteiger partial charge in [-0.25, -0.2) is 0 Å². The Morgan fingerprint density at radius 3 is 2.53 bits per heavy atom. The molecular formula is C24H27N3O5. The average molecular weight is 437 g/mol. The number of hydrogen-bond acceptors (Lipinski definition) is 7. The molecule has 8 heteroatoms. The molecule has 1 unspecified atom stereocenters. The maximum absolute atomic E-state index is 12.7. The average Bonchev–Trinajstić information content (AvgIpc) is 3.43. The third-order valence-electron chi connectivity index (χ3n) is 5.33. The number of aromatic nitrogens is 2. The Hall–Kier alpha value is -3.55. The summed E-state index contributed by atoms with van der Waals surface area (Å²) in [7, 11) is 1.62. The molecule has 1 aliphatic heterocycles. The summed E-state index contributed by atoms with van der Waals surface area (Å²) < 4.78 is 22.0. The van der Waals surface area contributed by atoms with Gasteiger partial charge in [0.15, 0.2) is 11.5 Å². The van der Waals surface area contributed by atoms with Crippen LogP contribution >= 0.6 is 0 Å². The third kappa shape index (κ3) is 4.69. The summed E-state index contributed by atoms with van der Waals surface area (Å²) in [5.74, 6) is 3.07. The Morgan fingerprint density at radius 1 is 1.06 bits per heavy atom. The zero-order valence-corrected chi connectivity index (χ0v) is 18.5. The van der Waals surface area contributed by atoms with Crippen LogP contribution < -0.4 is 14.2 Å². The van der Waals surface area contributed by atoms with Crippen molar-refractivity contribution in [2.75, 3.05) is 26.9 Å². The van der Waals surface area contributed by atoms with Gasteiger partial charge in [-0.05, 0) is 55.8 Å². The van der Waals surface area contributed by atoms with Crippen molar-refractivity contribution in [2.24, 2.45) is 0 Å². The highest BCUT2D eigenvalue weighted by atomic mass is 16.5. The van der Waals surface area contributed by atoms with Gasteiger partial charge in [0, 0.05) is 25.1 Å². The Balaban J connectivity index is 1.44. The van der Waals surface area contributed by atoms with Crippen molar-refractivity contribution in [2.45, 2.75) is 32.7 Å². The summed E-state index contributed by atoms with van der Waals surface area (Å²) in [6.45, 7) is 5.99. The number of ether oxygens (including phenoxy) is 3. The Morgan fingerprint density at radius 2 is 1.81 bits per heavy atom. The molecule has 168 valence electrons. The molecule has 1 atom stereocenters. The van der Waals surface area contributed by atoms with Gasteiger partial charge >= 0.3 is 0 Å². The molecule has 2 aromatic carbocycles. The van der Waals surface area contributed by atoms with Gasteiger partial charge < -0.3 is 23.6 Å². The van der Waals surface area contributed by atoms with E-state index >= 15 is 0 Å². The minimum Gasteiger partial charge on any atom is -0.497 e. The van der Waals surface area contributed by atoms with Crippen molar-refractivity contribution >= 4 is 5.91 Å². The van der Waals surface area contributed by atoms with E-state index in [2.05, 4.69) is 10.1 Å². The standard InChI is InChI=1S/C24H27N3O5/c1-4-30-20-11-6-16(12-21(20)31-5-2)14-27-15-18(13-22(27)28)24-25-23(26-32-24)17-7-9-19(29-3)10-8-17/h6-12,18H,4-5,13-15H2,1-3H3. The minimum atomic E-state index is -0.129. The topological polar surface area (TPSA) is 86.9 Å². The number of likely N-dealkylation sites (tertiary alicyclic amines) is 1. The lowest BCUT2D eigenvalue weighted by Gasteiger charge is -2.18. The van der Waals surface area contributed by atoms with E-state index in [1.54, 1.807) is 7.11 Å². The highest BCUT2D eigenvalue weighted by Crippen LogP contribution is 2.32. The molecule has 0 aliphatic carbocycles. The predicted octanol–water partition coefficient (Wildman–Crippen LogP) is 4.06. The van der Waals surface area contributed by atoms with Crippen LogP contribution in [0.1, 0.15) is 37.6 Å². The van der Waals surface area contributed by atoms with Gasteiger partial charge in [0.2, 0.25) is 17.6 Å². The maximum Gasteiger partial charge on any atom is 0.232 e. The summed E-state index contributed by atoms with van der Waals surface area (Å²) >= 11 is 0. The molecule has 1 aromatic heterocycles. The predicted molar refractivity (Wildman–Crippen MR) is 118 cm³/mol. The monoisotopic (exact) mass is 437 g/mol. The van der Waals surface area contributed by atoms with Crippen molar-refractivity contribution in [1.82, 2.24) is 15.0 Å². The molecule has 32 heavy (non-hydrogen) atoms. The second-order valence-electron chi connectivity index (χ2n) is 7.51. The van der Waals surface area contributed by atoms with Crippen LogP contribution in [0.2, 0.25) is 0 Å². The van der Waals surface area contributed by atoms with E-state index in [-0.39, 0.29) is 11.8 Å². The summed E-state index contributed by atoms with van der Waals surface area (Å²) in [5, 5.41) is 4.09. The van der Waals surface area contributed by atoms with E-state index in [1.807, 2.05) is 61.2 Å². The summed E-state index contributed by atoms with van der Waals surface area (Å²) in [6, 6.07) is 13.2. The minimum absolute atomic E-state index is 0.0612. The number of carbonyl (C=O) groups excluding carboxylic acids is 1. The molecule has 2 heterocycles. The van der Waals surface area contributed by atoms with Gasteiger partial charge in [-0.15, -0.1) is 0 Å². The Bertz CT molecular complexity index is 1060. The van der Waals surface area contributed by atoms with Crippen LogP contribution in [0.15, 0.2) is 47.0 Å². The maximum atomic E-state index is 12.7. The molecule has 1 aliphatic rings. The summed E-state index contributed by atoms with van der Waals surface area (Å²) in [6.07, 6.45) is 0.347. The normalized spacial score (nSPS) is 15.8. The molecule has 4 rings (SSSR count). The molecule has 0 saturated carbocycles. The van der Waals surface area contributed by atoms with Gasteiger partial charge in [-0.2, -0.15) is 4.98 Å². The van der Waals surface area contributed by atoms with E-state index in [0.717, 1.165) is 16.9 Å². The van der Waals surface area contributed by atoms with Crippen molar-refractivity contribution in [3.63, 3.8) is 0 Å². The SMILES string of the molecule is CCOc1ccc(CN2CC(c3nc(-c4ccc(OC)cc4)no3)CC2=O)cc1OCC. The van der Waals surface area contributed by atoms with Crippen LogP contribution in [-0.2, 0) is 11.3 Å². The van der Waals surface area contributed by atoms with Gasteiger partial charge in [0.1, 0.15) is 5.75 Å². The molecule has 0 radical (unpaired) electrons. The lowest BCUT2D eigenvalue weighted by atomic mass is 10.1. The zero-order valence-electron chi connectivity index (χ0n) is 18.5. The Kier molecular flexibility index (Phi) is 6.58. The van der Waals surface area contributed by atoms with Crippen LogP contribution in [0.5, 0.6) is 17.2 Å². The van der Waals surface area contributed by atoms with E-state index in [9.17, 15) is 4.79 Å². The number of hydrogen-bond donors (Lipinski definition) is 0. The largest absolute Gasteiger partial charge is 0.497 e. The van der Waals surface area contributed by atoms with Crippen molar-refractivity contribution in [1.29, 1.82) is 0 Å². The second-order valence-corrected chi connectivity index (χ2v) is 7.51. The van der Waals surface area contributed by atoms with Gasteiger partial charge in [0.25, 0.3) is 0 Å². The highest BCUT2D eigenvalue weighted by molar-refractivity contribution is 5.79. The van der Waals surface area contributed by atoms with E-state index < -0.39 is 0 Å². The molecule has 0 bridgehead atoms. The molecule has 8 nitrogen and oxygen atoms in total. The van der Waals surface area contributed by atoms with Crippen molar-refractivity contribution < 1.29 is 23.5 Å². The molecule has 1 fully saturated rings. The first-order valence-corrected chi connectivity index (χ1v) is 10.8. The quantitative estimate of drug-likeness (QED) is 0.499. The third-order valence-corrected chi connectivity index (χ3v) is 5.33. The molecule has 0 spiro atoms. The zero-order chi connectivity index (χ0) is 22.5. The fraction of sp³-hybridized carbons (Fsp3) is 0.375. The van der Waals surface area contributed by atoms with E-state index in [1.165, 1.54) is 0 Å². The van der Waals surface area contributed by atoms with Gasteiger partial charge in [0.05, 0.1) is 26.2 Å². The summed E-state index contributed by atoms with van der Waals surface area (Å²) in [4.78, 5) is 19.0. The van der Waals surface area contributed by atoms with Crippen molar-refractivity contribution in [3.8, 4) is 28.6 Å². The van der Waals surface area contributed by atoms with Crippen LogP contribution in [-0.4, -0.2) is 47.8 Å². The van der Waals surface area contributed by atoms with E-state index in [4.69, 9.17) is 18.7 Å². The molecule has 0 N–H and O–H groups in total. The lowest BCUT2D eigenvalue weighted by Crippen LogP contribution is -2.24. The second kappa shape index (κ2) is 9.72. The number of benzene rings is 2. The van der Waals surface area contributed by atoms with Gasteiger partial charge in [-0.3, -0.25) is 4.79 Å². The molecule has 1 saturated heterocycles. The van der Waals surface area contributed by atoms with Crippen LogP contribution in [0, 0.1) is 0 Å². The number of nitrogens with zero attached hydrogens (tertiary/aromatic N) is 3. The van der Waals surface area contributed by atoms with Crippen LogP contribution in [0.25, 0.3) is 11.4 Å². The molecule has 1 amide bonds. The number of carbonyl (C=O) groups is 1. The fourth-order valence-electron chi connectivity index (χ4n) is 3.76. The first kappa shape index (κ1) is 21.7. The first-order valence-electron chi connectivity index (χ1n) is 10.8. The summed E-state index contributed by atoms with van der Waals surface area (Å²) in [5.41, 5.74) is 1.81. The van der Waals surface area contributed by atoms with Crippen LogP contribution in [0.3, 0.4) is 0 Å². The fourth-order valence-corrected chi connectivity index (χ4v) is 3.76. The van der Waals surface area contributed by atoms with Crippen molar-refractivity contribution in [3.05, 3.63) is 53.9 Å². The van der Waals surface area contributed by atoms with Gasteiger partial charge in [-0.1, -0.05) is 11.2 Å². The van der Waals surface area contributed by atoms with E-state index in [0.29, 0.717) is 55.9 Å². The smallest absolute Gasteiger partial charge is 0.232 e. The number of rotatable bonds is 9. The first-order chi connectivity index (χ1) is 15.6. The Labute approximate surface area is 187 Å². The highest BCUT2D eigenvalue weighted by Gasteiger charge is 2.34. The number of amides is 1. The lowest BCUT2D eigenvalue weighted by molar-refractivity contribution is -0.128. The molecule has 3 aromatic rings. The van der Waals surface area contributed by atoms with Crippen LogP contribution in [0.4, 0.5) is 0 Å². The number of methoxy groups -OCH3 is 1. The molecular weight excluding hydrogens is 410 g/mol.